The second-order valence-electron chi connectivity index (χ2n) is 3.88. The maximum atomic E-state index is 9.75. The average molecular weight is 182 g/mol. The summed E-state index contributed by atoms with van der Waals surface area (Å²) in [6.45, 7) is 7.31. The Morgan fingerprint density at radius 3 is 2.77 bits per heavy atom. The van der Waals surface area contributed by atoms with Gasteiger partial charge in [-0.1, -0.05) is 12.7 Å². The van der Waals surface area contributed by atoms with Crippen molar-refractivity contribution in [2.75, 3.05) is 0 Å². The third kappa shape index (κ3) is 1.33. The van der Waals surface area contributed by atoms with Gasteiger partial charge in [0.1, 0.15) is 18.3 Å². The van der Waals surface area contributed by atoms with Gasteiger partial charge in [0.25, 0.3) is 0 Å². The molecule has 0 aromatic rings. The molecule has 1 heterocycles. The van der Waals surface area contributed by atoms with Crippen LogP contribution in [0.5, 0.6) is 0 Å². The Balaban J connectivity index is 2.21. The van der Waals surface area contributed by atoms with Crippen molar-refractivity contribution >= 4 is 0 Å². The Labute approximate surface area is 77.7 Å². The molecule has 0 aromatic carbocycles. The van der Waals surface area contributed by atoms with E-state index in [9.17, 15) is 5.11 Å². The second-order valence-corrected chi connectivity index (χ2v) is 3.88. The molecule has 3 heteroatoms. The van der Waals surface area contributed by atoms with Crippen LogP contribution in [0.15, 0.2) is 24.3 Å². The van der Waals surface area contributed by atoms with Gasteiger partial charge < -0.3 is 14.6 Å². The van der Waals surface area contributed by atoms with E-state index >= 15 is 0 Å². The van der Waals surface area contributed by atoms with Crippen LogP contribution in [-0.2, 0) is 9.47 Å². The molecule has 0 unspecified atom stereocenters. The van der Waals surface area contributed by atoms with E-state index in [2.05, 4.69) is 6.58 Å². The number of aliphatic hydroxyl groups excluding tert-OH is 1. The topological polar surface area (TPSA) is 38.7 Å². The lowest BCUT2D eigenvalue weighted by molar-refractivity contribution is -0.152. The minimum Gasteiger partial charge on any atom is -0.386 e. The van der Waals surface area contributed by atoms with Gasteiger partial charge in [-0.15, -0.1) is 0 Å². The number of hydrogen-bond donors (Lipinski definition) is 1. The lowest BCUT2D eigenvalue weighted by Crippen LogP contribution is -2.30. The molecule has 1 fully saturated rings. The fourth-order valence-electron chi connectivity index (χ4n) is 1.86. The first kappa shape index (κ1) is 8.94. The molecule has 0 aromatic heterocycles. The lowest BCUT2D eigenvalue weighted by atomic mass is 10.1. The van der Waals surface area contributed by atoms with Crippen LogP contribution < -0.4 is 0 Å². The maximum Gasteiger partial charge on any atom is 0.164 e. The maximum absolute atomic E-state index is 9.75. The number of ether oxygens (including phenoxy) is 2. The molecule has 0 bridgehead atoms. The minimum absolute atomic E-state index is 0.127. The molecule has 1 aliphatic heterocycles. The van der Waals surface area contributed by atoms with Crippen LogP contribution in [0.1, 0.15) is 13.8 Å². The molecule has 3 nitrogen and oxygen atoms in total. The molecule has 72 valence electrons. The highest BCUT2D eigenvalue weighted by molar-refractivity contribution is 5.31. The van der Waals surface area contributed by atoms with Crippen LogP contribution in [0, 0.1) is 0 Å². The van der Waals surface area contributed by atoms with E-state index in [0.717, 1.165) is 5.57 Å². The summed E-state index contributed by atoms with van der Waals surface area (Å²) in [5, 5.41) is 9.75. The second kappa shape index (κ2) is 2.67. The summed E-state index contributed by atoms with van der Waals surface area (Å²) in [5.74, 6) is -0.584. The van der Waals surface area contributed by atoms with Crippen LogP contribution in [0.2, 0.25) is 0 Å². The summed E-state index contributed by atoms with van der Waals surface area (Å²) < 4.78 is 11.1. The lowest BCUT2D eigenvalue weighted by Gasteiger charge is -2.19. The molecular weight excluding hydrogens is 168 g/mol. The van der Waals surface area contributed by atoms with Gasteiger partial charge >= 0.3 is 0 Å². The molecule has 13 heavy (non-hydrogen) atoms. The van der Waals surface area contributed by atoms with E-state index in [-0.39, 0.29) is 12.2 Å². The number of hydrogen-bond acceptors (Lipinski definition) is 3. The first-order chi connectivity index (χ1) is 6.03. The van der Waals surface area contributed by atoms with E-state index in [4.69, 9.17) is 9.47 Å². The van der Waals surface area contributed by atoms with Crippen molar-refractivity contribution in [1.29, 1.82) is 0 Å². The minimum atomic E-state index is -0.593. The first-order valence-electron chi connectivity index (χ1n) is 4.41. The van der Waals surface area contributed by atoms with Crippen LogP contribution in [0.25, 0.3) is 0 Å². The fourth-order valence-corrected chi connectivity index (χ4v) is 1.86. The van der Waals surface area contributed by atoms with Gasteiger partial charge in [0.05, 0.1) is 0 Å². The van der Waals surface area contributed by atoms with E-state index in [1.807, 2.05) is 19.9 Å². The smallest absolute Gasteiger partial charge is 0.164 e. The SMILES string of the molecule is C=CC1=C[C@H]2OC(C)(C)O[C@H]2[C@H]1O. The highest BCUT2D eigenvalue weighted by atomic mass is 16.8. The van der Waals surface area contributed by atoms with Gasteiger partial charge in [-0.25, -0.2) is 0 Å². The molecule has 3 atom stereocenters. The Kier molecular flexibility index (Phi) is 1.84. The summed E-state index contributed by atoms with van der Waals surface area (Å²) in [4.78, 5) is 0. The van der Waals surface area contributed by atoms with Crippen molar-refractivity contribution in [2.45, 2.75) is 37.9 Å². The first-order valence-corrected chi connectivity index (χ1v) is 4.41. The van der Waals surface area contributed by atoms with E-state index in [1.54, 1.807) is 6.08 Å². The number of rotatable bonds is 1. The van der Waals surface area contributed by atoms with E-state index in [0.29, 0.717) is 0 Å². The highest BCUT2D eigenvalue weighted by Gasteiger charge is 2.48. The zero-order chi connectivity index (χ0) is 9.64. The summed E-state index contributed by atoms with van der Waals surface area (Å²) >= 11 is 0. The van der Waals surface area contributed by atoms with Crippen molar-refractivity contribution in [1.82, 2.24) is 0 Å². The van der Waals surface area contributed by atoms with Gasteiger partial charge in [-0.3, -0.25) is 0 Å². The molecule has 1 aliphatic carbocycles. The molecule has 0 spiro atoms. The highest BCUT2D eigenvalue weighted by Crippen LogP contribution is 2.37. The van der Waals surface area contributed by atoms with Crippen LogP contribution >= 0.6 is 0 Å². The largest absolute Gasteiger partial charge is 0.386 e. The van der Waals surface area contributed by atoms with Gasteiger partial charge in [0.2, 0.25) is 0 Å². The Hall–Kier alpha value is -0.640. The molecule has 1 N–H and O–H groups in total. The van der Waals surface area contributed by atoms with Crippen LogP contribution in [0.4, 0.5) is 0 Å². The number of fused-ring (bicyclic) bond motifs is 1. The molecule has 0 radical (unpaired) electrons. The molecule has 2 rings (SSSR count). The van der Waals surface area contributed by atoms with Crippen molar-refractivity contribution in [3.8, 4) is 0 Å². The Morgan fingerprint density at radius 2 is 2.23 bits per heavy atom. The standard InChI is InChI=1S/C10H14O3/c1-4-6-5-7-9(8(6)11)13-10(2,3)12-7/h4-5,7-9,11H,1H2,2-3H3/t7-,8+,9-/m1/s1. The Bertz CT molecular complexity index is 267. The molecule has 2 aliphatic rings. The monoisotopic (exact) mass is 182 g/mol. The molecule has 0 saturated carbocycles. The van der Waals surface area contributed by atoms with Crippen molar-refractivity contribution < 1.29 is 14.6 Å². The van der Waals surface area contributed by atoms with E-state index < -0.39 is 11.9 Å². The fraction of sp³-hybridized carbons (Fsp3) is 0.600. The summed E-state index contributed by atoms with van der Waals surface area (Å²) in [5.41, 5.74) is 0.797. The van der Waals surface area contributed by atoms with Gasteiger partial charge in [0.15, 0.2) is 5.79 Å². The summed E-state index contributed by atoms with van der Waals surface area (Å²) in [6, 6.07) is 0. The average Bonchev–Trinajstić information content (AvgIpc) is 2.47. The van der Waals surface area contributed by atoms with Crippen molar-refractivity contribution in [2.24, 2.45) is 0 Å². The molecule has 0 amide bonds. The zero-order valence-electron chi connectivity index (χ0n) is 7.86. The predicted octanol–water partition coefficient (Wildman–Crippen LogP) is 0.993. The predicted molar refractivity (Wildman–Crippen MR) is 48.1 cm³/mol. The Morgan fingerprint density at radius 1 is 1.54 bits per heavy atom. The van der Waals surface area contributed by atoms with E-state index in [1.165, 1.54) is 0 Å². The van der Waals surface area contributed by atoms with Gasteiger partial charge in [0, 0.05) is 0 Å². The summed E-state index contributed by atoms with van der Waals surface area (Å²) in [7, 11) is 0. The van der Waals surface area contributed by atoms with Gasteiger partial charge in [-0.2, -0.15) is 0 Å². The quantitative estimate of drug-likeness (QED) is 0.657. The third-order valence-corrected chi connectivity index (χ3v) is 2.41. The molecule has 1 saturated heterocycles. The third-order valence-electron chi connectivity index (χ3n) is 2.41. The normalized spacial score (nSPS) is 41.5. The van der Waals surface area contributed by atoms with Crippen molar-refractivity contribution in [3.63, 3.8) is 0 Å². The van der Waals surface area contributed by atoms with Crippen LogP contribution in [0.3, 0.4) is 0 Å². The summed E-state index contributed by atoms with van der Waals surface area (Å²) in [6.07, 6.45) is 2.53. The van der Waals surface area contributed by atoms with Crippen LogP contribution in [-0.4, -0.2) is 29.2 Å². The van der Waals surface area contributed by atoms with Gasteiger partial charge in [-0.05, 0) is 25.5 Å². The zero-order valence-corrected chi connectivity index (χ0v) is 7.86. The molecular formula is C10H14O3. The number of aliphatic hydroxyl groups is 1. The van der Waals surface area contributed by atoms with Crippen molar-refractivity contribution in [3.05, 3.63) is 24.3 Å².